The molecule has 1 N–H and O–H groups in total. The second-order valence-corrected chi connectivity index (χ2v) is 2.75. The molecule has 0 aliphatic carbocycles. The maximum atomic E-state index is 11.3. The fourth-order valence-electron chi connectivity index (χ4n) is 0.960. The Bertz CT molecular complexity index is 224. The van der Waals surface area contributed by atoms with E-state index in [1.807, 2.05) is 6.92 Å². The Hall–Kier alpha value is -1.39. The van der Waals surface area contributed by atoms with Crippen molar-refractivity contribution in [1.82, 2.24) is 10.2 Å². The van der Waals surface area contributed by atoms with E-state index in [9.17, 15) is 4.79 Å². The zero-order valence-corrected chi connectivity index (χ0v) is 9.38. The van der Waals surface area contributed by atoms with Crippen LogP contribution in [0.1, 0.15) is 6.92 Å². The van der Waals surface area contributed by atoms with Gasteiger partial charge in [-0.05, 0) is 6.92 Å². The molecule has 0 aromatic heterocycles. The Morgan fingerprint density at radius 2 is 2.00 bits per heavy atom. The van der Waals surface area contributed by atoms with Gasteiger partial charge in [0.15, 0.2) is 5.70 Å². The number of methoxy groups -OCH3 is 1. The van der Waals surface area contributed by atoms with Gasteiger partial charge in [0.1, 0.15) is 0 Å². The monoisotopic (exact) mass is 202 g/mol. The van der Waals surface area contributed by atoms with Gasteiger partial charge in [-0.15, -0.1) is 0 Å². The molecule has 0 atom stereocenters. The van der Waals surface area contributed by atoms with Crippen LogP contribution in [0, 0.1) is 0 Å². The van der Waals surface area contributed by atoms with Crippen LogP contribution in [0.4, 0.5) is 0 Å². The number of hydrogen-bond donors (Lipinski definition) is 1. The van der Waals surface area contributed by atoms with E-state index in [4.69, 9.17) is 4.74 Å². The van der Waals surface area contributed by atoms with Crippen LogP contribution in [0.15, 0.2) is 11.6 Å². The summed E-state index contributed by atoms with van der Waals surface area (Å²) in [5, 5.41) is 2.76. The molecule has 0 aromatic carbocycles. The van der Waals surface area contributed by atoms with Crippen molar-refractivity contribution in [3.05, 3.63) is 11.6 Å². The van der Waals surface area contributed by atoms with Crippen LogP contribution in [-0.4, -0.2) is 45.7 Å². The smallest absolute Gasteiger partial charge is 0.359 e. The van der Waals surface area contributed by atoms with E-state index in [0.29, 0.717) is 18.2 Å². The van der Waals surface area contributed by atoms with E-state index in [1.165, 1.54) is 7.11 Å². The highest BCUT2D eigenvalue weighted by molar-refractivity contribution is 5.88. The molecule has 0 aromatic rings. The average Bonchev–Trinajstić information content (AvgIpc) is 2.16. The number of likely N-dealkylation sites (N-methyl/N-ethyl adjacent to an activating group) is 1. The van der Waals surface area contributed by atoms with Gasteiger partial charge in [-0.3, -0.25) is 0 Å². The van der Waals surface area contributed by atoms with Gasteiger partial charge in [0.2, 0.25) is 5.88 Å². The summed E-state index contributed by atoms with van der Waals surface area (Å²) < 4.78 is 9.94. The first-order valence-corrected chi connectivity index (χ1v) is 4.38. The van der Waals surface area contributed by atoms with Crippen molar-refractivity contribution in [1.29, 1.82) is 0 Å². The van der Waals surface area contributed by atoms with Gasteiger partial charge >= 0.3 is 5.97 Å². The van der Waals surface area contributed by atoms with Gasteiger partial charge in [0.25, 0.3) is 0 Å². The zero-order valence-electron chi connectivity index (χ0n) is 9.38. The van der Waals surface area contributed by atoms with Crippen LogP contribution in [0.5, 0.6) is 0 Å². The third kappa shape index (κ3) is 3.16. The van der Waals surface area contributed by atoms with Gasteiger partial charge in [-0.25, -0.2) is 4.79 Å². The van der Waals surface area contributed by atoms with Crippen molar-refractivity contribution in [2.24, 2.45) is 0 Å². The van der Waals surface area contributed by atoms with Crippen molar-refractivity contribution >= 4 is 5.97 Å². The lowest BCUT2D eigenvalue weighted by atomic mass is 10.4. The molecular formula is C9H18N2O3. The lowest BCUT2D eigenvalue weighted by molar-refractivity contribution is -0.137. The summed E-state index contributed by atoms with van der Waals surface area (Å²) in [7, 11) is 6.57. The fraction of sp³-hybridized carbons (Fsp3) is 0.667. The van der Waals surface area contributed by atoms with Crippen LogP contribution in [0.3, 0.4) is 0 Å². The molecule has 0 spiro atoms. The first-order valence-electron chi connectivity index (χ1n) is 4.38. The highest BCUT2D eigenvalue weighted by atomic mass is 16.5. The summed E-state index contributed by atoms with van der Waals surface area (Å²) in [6, 6.07) is 0. The molecule has 0 radical (unpaired) electrons. The predicted octanol–water partition coefficient (Wildman–Crippen LogP) is 0.146. The quantitative estimate of drug-likeness (QED) is 0.390. The third-order valence-electron chi connectivity index (χ3n) is 1.54. The highest BCUT2D eigenvalue weighted by Gasteiger charge is 2.17. The molecule has 0 aliphatic rings. The number of carbonyl (C=O) groups excluding carboxylic acids is 1. The largest absolute Gasteiger partial charge is 0.478 e. The Morgan fingerprint density at radius 1 is 1.43 bits per heavy atom. The predicted molar refractivity (Wildman–Crippen MR) is 53.4 cm³/mol. The molecule has 82 valence electrons. The molecule has 0 saturated heterocycles. The van der Waals surface area contributed by atoms with Gasteiger partial charge in [-0.2, -0.15) is 0 Å². The van der Waals surface area contributed by atoms with Gasteiger partial charge in [-0.1, -0.05) is 0 Å². The number of hydrogen-bond acceptors (Lipinski definition) is 5. The number of rotatable bonds is 5. The van der Waals surface area contributed by atoms with E-state index >= 15 is 0 Å². The summed E-state index contributed by atoms with van der Waals surface area (Å²) in [5.74, 6) is 0.0338. The summed E-state index contributed by atoms with van der Waals surface area (Å²) >= 11 is 0. The number of esters is 1. The Balaban J connectivity index is 4.97. The van der Waals surface area contributed by atoms with Crippen LogP contribution in [-0.2, 0) is 14.3 Å². The lowest BCUT2D eigenvalue weighted by Crippen LogP contribution is -2.27. The summed E-state index contributed by atoms with van der Waals surface area (Å²) in [5.41, 5.74) is 0.319. The molecule has 0 heterocycles. The minimum absolute atomic E-state index is 0.319. The van der Waals surface area contributed by atoms with E-state index in [-0.39, 0.29) is 0 Å². The number of nitrogens with one attached hydrogen (secondary N) is 1. The van der Waals surface area contributed by atoms with Crippen LogP contribution >= 0.6 is 0 Å². The molecule has 5 heteroatoms. The Morgan fingerprint density at radius 3 is 2.29 bits per heavy atom. The summed E-state index contributed by atoms with van der Waals surface area (Å²) in [6.07, 6.45) is 0. The minimum atomic E-state index is -0.440. The number of carbonyl (C=O) groups is 1. The Kier molecular flexibility index (Phi) is 5.52. The molecule has 14 heavy (non-hydrogen) atoms. The SMILES string of the molecule is CCO/C(=C(/NC)C(=O)OC)N(C)C. The number of nitrogens with zero attached hydrogens (tertiary/aromatic N) is 1. The summed E-state index contributed by atoms with van der Waals surface area (Å²) in [4.78, 5) is 13.0. The molecule has 0 aliphatic heterocycles. The maximum absolute atomic E-state index is 11.3. The molecule has 5 nitrogen and oxygen atoms in total. The van der Waals surface area contributed by atoms with Crippen molar-refractivity contribution in [2.45, 2.75) is 6.92 Å². The normalized spacial score (nSPS) is 11.5. The van der Waals surface area contributed by atoms with Crippen molar-refractivity contribution < 1.29 is 14.3 Å². The lowest BCUT2D eigenvalue weighted by Gasteiger charge is -2.20. The van der Waals surface area contributed by atoms with E-state index in [1.54, 1.807) is 26.0 Å². The molecule has 0 amide bonds. The van der Waals surface area contributed by atoms with E-state index in [0.717, 1.165) is 0 Å². The van der Waals surface area contributed by atoms with E-state index < -0.39 is 5.97 Å². The molecule has 0 rings (SSSR count). The average molecular weight is 202 g/mol. The minimum Gasteiger partial charge on any atom is -0.478 e. The molecule has 0 fully saturated rings. The van der Waals surface area contributed by atoms with Crippen LogP contribution in [0.25, 0.3) is 0 Å². The van der Waals surface area contributed by atoms with Crippen LogP contribution < -0.4 is 5.32 Å². The molecular weight excluding hydrogens is 184 g/mol. The standard InChI is InChI=1S/C9H18N2O3/c1-6-14-8(11(3)4)7(10-2)9(12)13-5/h10H,6H2,1-5H3/b8-7+. The topological polar surface area (TPSA) is 50.8 Å². The molecule has 0 unspecified atom stereocenters. The first kappa shape index (κ1) is 12.6. The van der Waals surface area contributed by atoms with E-state index in [2.05, 4.69) is 10.1 Å². The molecule has 0 bridgehead atoms. The second-order valence-electron chi connectivity index (χ2n) is 2.75. The van der Waals surface area contributed by atoms with Crippen molar-refractivity contribution in [3.63, 3.8) is 0 Å². The van der Waals surface area contributed by atoms with Crippen molar-refractivity contribution in [3.8, 4) is 0 Å². The number of ether oxygens (including phenoxy) is 2. The third-order valence-corrected chi connectivity index (χ3v) is 1.54. The van der Waals surface area contributed by atoms with Gasteiger partial charge < -0.3 is 19.7 Å². The molecule has 0 saturated carbocycles. The fourth-order valence-corrected chi connectivity index (χ4v) is 0.960. The Labute approximate surface area is 84.7 Å². The van der Waals surface area contributed by atoms with Crippen LogP contribution in [0.2, 0.25) is 0 Å². The first-order chi connectivity index (χ1) is 6.58. The van der Waals surface area contributed by atoms with Gasteiger partial charge in [0.05, 0.1) is 13.7 Å². The van der Waals surface area contributed by atoms with Crippen molar-refractivity contribution in [2.75, 3.05) is 34.9 Å². The summed E-state index contributed by atoms with van der Waals surface area (Å²) in [6.45, 7) is 2.35. The maximum Gasteiger partial charge on any atom is 0.359 e. The second kappa shape index (κ2) is 6.12. The zero-order chi connectivity index (χ0) is 11.1. The van der Waals surface area contributed by atoms with Gasteiger partial charge in [0, 0.05) is 21.1 Å². The highest BCUT2D eigenvalue weighted by Crippen LogP contribution is 2.07.